The number of pyridine rings is 3. The average molecular weight is 489 g/mol. The number of aromatic amines is 2. The van der Waals surface area contributed by atoms with E-state index in [9.17, 15) is 0 Å². The minimum Gasteiger partial charge on any atom is -0.358 e. The summed E-state index contributed by atoms with van der Waals surface area (Å²) in [4.78, 5) is 26.3. The molecule has 0 saturated heterocycles. The van der Waals surface area contributed by atoms with Crippen molar-refractivity contribution in [1.82, 2.24) is 44.7 Å². The fourth-order valence-electron chi connectivity index (χ4n) is 4.69. The maximum absolute atomic E-state index is 4.94. The van der Waals surface area contributed by atoms with Crippen LogP contribution in [0.3, 0.4) is 0 Å². The minimum absolute atomic E-state index is 0.545. The molecule has 0 aromatic carbocycles. The molecule has 182 valence electrons. The molecule has 6 heterocycles. The van der Waals surface area contributed by atoms with Gasteiger partial charge in [0.15, 0.2) is 17.2 Å². The van der Waals surface area contributed by atoms with Gasteiger partial charge in [0.2, 0.25) is 0 Å². The van der Waals surface area contributed by atoms with Gasteiger partial charge in [-0.25, -0.2) is 19.9 Å². The number of H-pyrrole nitrogens is 2. The lowest BCUT2D eigenvalue weighted by Gasteiger charge is -2.28. The van der Waals surface area contributed by atoms with E-state index in [1.807, 2.05) is 48.3 Å². The Labute approximate surface area is 211 Å². The molecule has 3 N–H and O–H groups in total. The van der Waals surface area contributed by atoms with Gasteiger partial charge in [-0.15, -0.1) is 0 Å². The van der Waals surface area contributed by atoms with Crippen molar-refractivity contribution in [2.75, 3.05) is 5.32 Å². The van der Waals surface area contributed by atoms with Gasteiger partial charge in [-0.2, -0.15) is 5.10 Å². The highest BCUT2D eigenvalue weighted by Gasteiger charge is 2.21. The molecule has 1 aliphatic carbocycles. The largest absolute Gasteiger partial charge is 0.358 e. The molecular weight excluding hydrogens is 464 g/mol. The number of anilines is 1. The molecule has 37 heavy (non-hydrogen) atoms. The van der Waals surface area contributed by atoms with Crippen molar-refractivity contribution in [3.63, 3.8) is 0 Å². The van der Waals surface area contributed by atoms with Crippen molar-refractivity contribution in [2.45, 2.75) is 26.2 Å². The van der Waals surface area contributed by atoms with Crippen LogP contribution in [0, 0.1) is 12.8 Å². The van der Waals surface area contributed by atoms with Crippen LogP contribution in [0.1, 0.15) is 25.0 Å². The number of hydrogen-bond acceptors (Lipinski definition) is 7. The second-order valence-electron chi connectivity index (χ2n) is 9.44. The smallest absolute Gasteiger partial charge is 0.162 e. The summed E-state index contributed by atoms with van der Waals surface area (Å²) in [6.07, 6.45) is 12.8. The van der Waals surface area contributed by atoms with E-state index in [1.165, 1.54) is 19.3 Å². The van der Waals surface area contributed by atoms with Gasteiger partial charge in [-0.05, 0) is 49.9 Å². The average Bonchev–Trinajstić information content (AvgIpc) is 3.60. The number of rotatable bonds is 6. The first-order chi connectivity index (χ1) is 18.1. The van der Waals surface area contributed by atoms with E-state index in [4.69, 9.17) is 9.97 Å². The van der Waals surface area contributed by atoms with Crippen molar-refractivity contribution in [3.8, 4) is 28.5 Å². The third-order valence-electron chi connectivity index (χ3n) is 6.92. The number of aromatic nitrogens is 9. The predicted octanol–water partition coefficient (Wildman–Crippen LogP) is 5.18. The number of nitrogens with zero attached hydrogens (tertiary/aromatic N) is 7. The first kappa shape index (κ1) is 21.4. The summed E-state index contributed by atoms with van der Waals surface area (Å²) in [6, 6.07) is 7.91. The first-order valence-corrected chi connectivity index (χ1v) is 12.2. The maximum atomic E-state index is 4.94. The summed E-state index contributed by atoms with van der Waals surface area (Å²) in [7, 11) is 0. The maximum Gasteiger partial charge on any atom is 0.162 e. The van der Waals surface area contributed by atoms with E-state index in [2.05, 4.69) is 48.1 Å². The second kappa shape index (κ2) is 8.37. The molecule has 0 unspecified atom stereocenters. The molecule has 0 aliphatic heterocycles. The fraction of sp³-hybridized carbons (Fsp3) is 0.185. The molecule has 0 spiro atoms. The van der Waals surface area contributed by atoms with Crippen molar-refractivity contribution < 1.29 is 0 Å². The highest BCUT2D eigenvalue weighted by molar-refractivity contribution is 5.92. The van der Waals surface area contributed by atoms with Gasteiger partial charge in [0.05, 0.1) is 40.8 Å². The zero-order valence-corrected chi connectivity index (χ0v) is 20.2. The van der Waals surface area contributed by atoms with E-state index in [0.717, 1.165) is 45.1 Å². The van der Waals surface area contributed by atoms with Crippen molar-refractivity contribution in [2.24, 2.45) is 5.92 Å². The van der Waals surface area contributed by atoms with Crippen LogP contribution in [-0.4, -0.2) is 44.7 Å². The monoisotopic (exact) mass is 488 g/mol. The Kier molecular flexibility index (Phi) is 4.85. The topological polar surface area (TPSA) is 126 Å². The lowest BCUT2D eigenvalue weighted by atomic mass is 9.83. The number of aryl methyl sites for hydroxylation is 1. The Balaban J connectivity index is 1.26. The molecule has 10 nitrogen and oxygen atoms in total. The molecule has 0 atom stereocenters. The molecule has 6 aromatic heterocycles. The first-order valence-electron chi connectivity index (χ1n) is 12.2. The van der Waals surface area contributed by atoms with Crippen LogP contribution in [0.25, 0.3) is 50.7 Å². The molecule has 1 aliphatic rings. The van der Waals surface area contributed by atoms with Crippen molar-refractivity contribution in [1.29, 1.82) is 0 Å². The third-order valence-corrected chi connectivity index (χ3v) is 6.92. The third kappa shape index (κ3) is 3.74. The fourth-order valence-corrected chi connectivity index (χ4v) is 4.69. The van der Waals surface area contributed by atoms with Gasteiger partial charge in [0.1, 0.15) is 11.0 Å². The second-order valence-corrected chi connectivity index (χ2v) is 9.44. The van der Waals surface area contributed by atoms with Crippen LogP contribution in [0.15, 0.2) is 67.7 Å². The van der Waals surface area contributed by atoms with E-state index >= 15 is 0 Å². The van der Waals surface area contributed by atoms with E-state index in [-0.39, 0.29) is 0 Å². The van der Waals surface area contributed by atoms with Gasteiger partial charge in [-0.3, -0.25) is 10.1 Å². The molecule has 1 fully saturated rings. The zero-order valence-electron chi connectivity index (χ0n) is 20.2. The van der Waals surface area contributed by atoms with Crippen LogP contribution >= 0.6 is 0 Å². The van der Waals surface area contributed by atoms with E-state index in [0.29, 0.717) is 28.6 Å². The zero-order chi connectivity index (χ0) is 24.9. The Morgan fingerprint density at radius 1 is 1.11 bits per heavy atom. The molecule has 1 saturated carbocycles. The molecule has 0 amide bonds. The highest BCUT2D eigenvalue weighted by Crippen LogP contribution is 2.33. The van der Waals surface area contributed by atoms with Gasteiger partial charge < -0.3 is 14.9 Å². The number of allylic oxidation sites excluding steroid dienone is 1. The minimum atomic E-state index is 0.545. The molecule has 0 bridgehead atoms. The van der Waals surface area contributed by atoms with Gasteiger partial charge in [-0.1, -0.05) is 13.0 Å². The van der Waals surface area contributed by atoms with E-state index < -0.39 is 0 Å². The SMILES string of the molecule is C=C(Nc1cncc(-c2ccc3[nH]nc(-c4nc5c(-n6cnc(C)c6)ccnc5[nH]4)c3n2)c1)C1CCC1. The van der Waals surface area contributed by atoms with Crippen LogP contribution in [0.5, 0.6) is 0 Å². The number of hydrogen-bond donors (Lipinski definition) is 3. The standard InChI is InChI=1S/C27H24N10/c1-15-13-37(14-30-15)22-8-9-29-26-24(22)33-27(34-26)25-23-21(35-36-25)7-6-20(32-23)18-10-19(12-28-11-18)31-16(2)17-4-3-5-17/h6-14,17,31H,2-5H2,1H3,(H,35,36)(H,29,33,34). The van der Waals surface area contributed by atoms with E-state index in [1.54, 1.807) is 12.5 Å². The quantitative estimate of drug-likeness (QED) is 0.295. The van der Waals surface area contributed by atoms with Crippen molar-refractivity contribution in [3.05, 3.63) is 73.4 Å². The Bertz CT molecular complexity index is 1790. The Morgan fingerprint density at radius 2 is 2.03 bits per heavy atom. The summed E-state index contributed by atoms with van der Waals surface area (Å²) < 4.78 is 1.94. The number of fused-ring (bicyclic) bond motifs is 2. The summed E-state index contributed by atoms with van der Waals surface area (Å²) in [5, 5.41) is 11.0. The van der Waals surface area contributed by atoms with Crippen LogP contribution < -0.4 is 5.32 Å². The normalized spacial score (nSPS) is 13.8. The Hall–Kier alpha value is -4.86. The summed E-state index contributed by atoms with van der Waals surface area (Å²) in [6.45, 7) is 6.17. The van der Waals surface area contributed by atoms with Crippen molar-refractivity contribution >= 4 is 27.9 Å². The van der Waals surface area contributed by atoms with Gasteiger partial charge >= 0.3 is 0 Å². The number of nitrogens with one attached hydrogen (secondary N) is 3. The summed E-state index contributed by atoms with van der Waals surface area (Å²) in [5.41, 5.74) is 9.04. The molecular formula is C27H24N10. The summed E-state index contributed by atoms with van der Waals surface area (Å²) in [5.74, 6) is 1.14. The molecule has 6 aromatic rings. The van der Waals surface area contributed by atoms with Crippen LogP contribution in [-0.2, 0) is 0 Å². The van der Waals surface area contributed by atoms with Crippen LogP contribution in [0.4, 0.5) is 5.69 Å². The highest BCUT2D eigenvalue weighted by atomic mass is 15.2. The van der Waals surface area contributed by atoms with Gasteiger partial charge in [0.25, 0.3) is 0 Å². The van der Waals surface area contributed by atoms with Crippen LogP contribution in [0.2, 0.25) is 0 Å². The molecule has 7 rings (SSSR count). The number of imidazole rings is 2. The van der Waals surface area contributed by atoms with Gasteiger partial charge in [0, 0.05) is 29.9 Å². The molecule has 0 radical (unpaired) electrons. The summed E-state index contributed by atoms with van der Waals surface area (Å²) >= 11 is 0. The predicted molar refractivity (Wildman–Crippen MR) is 142 cm³/mol. The Morgan fingerprint density at radius 3 is 2.84 bits per heavy atom. The lowest BCUT2D eigenvalue weighted by Crippen LogP contribution is -2.18. The lowest BCUT2D eigenvalue weighted by molar-refractivity contribution is 0.371. The molecule has 10 heteroatoms.